The van der Waals surface area contributed by atoms with E-state index in [1.165, 1.54) is 29.2 Å². The molecular weight excluding hydrogens is 529 g/mol. The van der Waals surface area contributed by atoms with Gasteiger partial charge in [-0.15, -0.1) is 0 Å². The predicted molar refractivity (Wildman–Crippen MR) is 147 cm³/mol. The quantitative estimate of drug-likeness (QED) is 0.316. The molecule has 0 radical (unpaired) electrons. The second-order valence-corrected chi connectivity index (χ2v) is 11.0. The van der Waals surface area contributed by atoms with Gasteiger partial charge in [0.15, 0.2) is 0 Å². The Balaban J connectivity index is 1.99. The summed E-state index contributed by atoms with van der Waals surface area (Å²) in [4.78, 5) is 28.0. The lowest BCUT2D eigenvalue weighted by atomic mass is 10.1. The molecule has 0 bridgehead atoms. The molecule has 0 saturated carbocycles. The van der Waals surface area contributed by atoms with Gasteiger partial charge < -0.3 is 10.2 Å². The van der Waals surface area contributed by atoms with Crippen LogP contribution in [0.3, 0.4) is 0 Å². The number of sulfonamides is 1. The summed E-state index contributed by atoms with van der Waals surface area (Å²) >= 11 is 6.35. The topological polar surface area (TPSA) is 86.8 Å². The fraction of sp³-hybridized carbons (Fsp3) is 0.286. The van der Waals surface area contributed by atoms with Crippen LogP contribution in [-0.4, -0.2) is 44.3 Å². The summed E-state index contributed by atoms with van der Waals surface area (Å²) < 4.78 is 41.8. The zero-order valence-electron chi connectivity index (χ0n) is 21.3. The molecule has 3 rings (SSSR count). The second-order valence-electron chi connectivity index (χ2n) is 8.73. The number of hydrogen-bond donors (Lipinski definition) is 1. The van der Waals surface area contributed by atoms with E-state index in [0.29, 0.717) is 17.1 Å². The molecule has 0 spiro atoms. The maximum Gasteiger partial charge on any atom is 0.264 e. The largest absolute Gasteiger partial charge is 0.354 e. The van der Waals surface area contributed by atoms with E-state index in [9.17, 15) is 22.4 Å². The molecule has 0 aliphatic carbocycles. The number of nitrogens with zero attached hydrogens (tertiary/aromatic N) is 2. The molecule has 0 fully saturated rings. The van der Waals surface area contributed by atoms with Crippen LogP contribution in [0.2, 0.25) is 5.02 Å². The Bertz CT molecular complexity index is 1340. The second kappa shape index (κ2) is 13.4. The van der Waals surface area contributed by atoms with Gasteiger partial charge in [0.2, 0.25) is 11.8 Å². The Morgan fingerprint density at radius 1 is 0.974 bits per heavy atom. The number of benzene rings is 3. The van der Waals surface area contributed by atoms with Crippen LogP contribution in [0.4, 0.5) is 10.1 Å². The van der Waals surface area contributed by atoms with Crippen LogP contribution in [0.25, 0.3) is 0 Å². The summed E-state index contributed by atoms with van der Waals surface area (Å²) in [6.45, 7) is 3.42. The lowest BCUT2D eigenvalue weighted by Gasteiger charge is -2.32. The van der Waals surface area contributed by atoms with Crippen molar-refractivity contribution < 1.29 is 22.4 Å². The summed E-state index contributed by atoms with van der Waals surface area (Å²) in [6.07, 6.45) is 1.67. The molecule has 3 aromatic rings. The van der Waals surface area contributed by atoms with Gasteiger partial charge in [-0.3, -0.25) is 13.9 Å². The minimum absolute atomic E-state index is 0.0104. The van der Waals surface area contributed by atoms with Gasteiger partial charge in [-0.2, -0.15) is 0 Å². The molecule has 0 aliphatic rings. The van der Waals surface area contributed by atoms with E-state index in [1.54, 1.807) is 49.4 Å². The zero-order chi connectivity index (χ0) is 27.7. The summed E-state index contributed by atoms with van der Waals surface area (Å²) in [5.41, 5.74) is 0.719. The Morgan fingerprint density at radius 2 is 1.61 bits per heavy atom. The fourth-order valence-electron chi connectivity index (χ4n) is 3.78. The Hall–Kier alpha value is -3.43. The third-order valence-corrected chi connectivity index (χ3v) is 8.18. The number of anilines is 1. The molecule has 0 heterocycles. The Morgan fingerprint density at radius 3 is 2.24 bits per heavy atom. The first-order valence-electron chi connectivity index (χ1n) is 12.3. The number of unbranched alkanes of at least 4 members (excludes halogenated alkanes) is 1. The van der Waals surface area contributed by atoms with Gasteiger partial charge in [-0.05, 0) is 61.4 Å². The number of nitrogens with one attached hydrogen (secondary N) is 1. The van der Waals surface area contributed by atoms with Crippen molar-refractivity contribution in [3.05, 3.63) is 95.3 Å². The maximum atomic E-state index is 13.8. The van der Waals surface area contributed by atoms with E-state index in [1.807, 2.05) is 6.92 Å². The predicted octanol–water partition coefficient (Wildman–Crippen LogP) is 5.01. The van der Waals surface area contributed by atoms with Crippen molar-refractivity contribution >= 4 is 39.1 Å². The van der Waals surface area contributed by atoms with E-state index >= 15 is 0 Å². The molecule has 38 heavy (non-hydrogen) atoms. The average Bonchev–Trinajstić information content (AvgIpc) is 2.92. The van der Waals surface area contributed by atoms with Gasteiger partial charge in [0.1, 0.15) is 18.4 Å². The van der Waals surface area contributed by atoms with Gasteiger partial charge in [-0.1, -0.05) is 61.3 Å². The average molecular weight is 560 g/mol. The Kier molecular flexibility index (Phi) is 10.3. The van der Waals surface area contributed by atoms with Crippen molar-refractivity contribution in [2.45, 2.75) is 44.2 Å². The van der Waals surface area contributed by atoms with Crippen molar-refractivity contribution in [3.63, 3.8) is 0 Å². The van der Waals surface area contributed by atoms with Gasteiger partial charge in [0, 0.05) is 18.1 Å². The number of carbonyl (C=O) groups is 2. The number of carbonyl (C=O) groups excluding carboxylic acids is 2. The first-order chi connectivity index (χ1) is 18.1. The number of rotatable bonds is 12. The molecule has 202 valence electrons. The minimum Gasteiger partial charge on any atom is -0.354 e. The molecule has 0 unspecified atom stereocenters. The molecule has 1 N–H and O–H groups in total. The fourth-order valence-corrected chi connectivity index (χ4v) is 5.42. The van der Waals surface area contributed by atoms with Crippen LogP contribution < -0.4 is 9.62 Å². The molecule has 0 aromatic heterocycles. The number of amides is 2. The first-order valence-corrected chi connectivity index (χ1v) is 14.1. The lowest BCUT2D eigenvalue weighted by molar-refractivity contribution is -0.139. The van der Waals surface area contributed by atoms with Crippen LogP contribution in [-0.2, 0) is 26.2 Å². The minimum atomic E-state index is -4.20. The third-order valence-electron chi connectivity index (χ3n) is 6.02. The van der Waals surface area contributed by atoms with Gasteiger partial charge in [0.25, 0.3) is 10.0 Å². The van der Waals surface area contributed by atoms with Crippen molar-refractivity contribution in [1.29, 1.82) is 0 Å². The van der Waals surface area contributed by atoms with Gasteiger partial charge in [0.05, 0.1) is 10.6 Å². The highest BCUT2D eigenvalue weighted by Crippen LogP contribution is 2.25. The third kappa shape index (κ3) is 7.33. The van der Waals surface area contributed by atoms with Crippen LogP contribution in [0.1, 0.15) is 32.3 Å². The van der Waals surface area contributed by atoms with Crippen LogP contribution in [0, 0.1) is 5.82 Å². The van der Waals surface area contributed by atoms with Gasteiger partial charge >= 0.3 is 0 Å². The molecular formula is C28H31ClFN3O4S. The number of halogens is 2. The maximum absolute atomic E-state index is 13.8. The van der Waals surface area contributed by atoms with Crippen LogP contribution in [0.5, 0.6) is 0 Å². The summed E-state index contributed by atoms with van der Waals surface area (Å²) in [5, 5.41) is 3.24. The van der Waals surface area contributed by atoms with E-state index in [4.69, 9.17) is 11.6 Å². The van der Waals surface area contributed by atoms with E-state index in [2.05, 4.69) is 5.32 Å². The summed E-state index contributed by atoms with van der Waals surface area (Å²) in [7, 11) is -4.20. The normalized spacial score (nSPS) is 12.0. The number of hydrogen-bond acceptors (Lipinski definition) is 4. The van der Waals surface area contributed by atoms with Crippen LogP contribution in [0.15, 0.2) is 83.8 Å². The van der Waals surface area contributed by atoms with Crippen molar-refractivity contribution in [2.24, 2.45) is 0 Å². The van der Waals surface area contributed by atoms with E-state index < -0.39 is 34.3 Å². The van der Waals surface area contributed by atoms with Gasteiger partial charge in [-0.25, -0.2) is 12.8 Å². The zero-order valence-corrected chi connectivity index (χ0v) is 22.9. The smallest absolute Gasteiger partial charge is 0.264 e. The standard InChI is InChI=1S/C28H31ClFN3O4S/c1-3-4-18-31-28(35)21(2)32(19-22-10-8-9-13-26(22)29)27(34)20-33(24-16-14-23(30)15-17-24)38(36,37)25-11-6-5-7-12-25/h5-17,21H,3-4,18-20H2,1-2H3,(H,31,35)/t21-/m0/s1. The molecule has 1 atom stereocenters. The van der Waals surface area contributed by atoms with Crippen LogP contribution >= 0.6 is 11.6 Å². The van der Waals surface area contributed by atoms with E-state index in [-0.39, 0.29) is 23.0 Å². The SMILES string of the molecule is CCCCNC(=O)[C@H](C)N(Cc1ccccc1Cl)C(=O)CN(c1ccc(F)cc1)S(=O)(=O)c1ccccc1. The molecule has 0 saturated heterocycles. The highest BCUT2D eigenvalue weighted by atomic mass is 35.5. The highest BCUT2D eigenvalue weighted by molar-refractivity contribution is 7.92. The summed E-state index contributed by atoms with van der Waals surface area (Å²) in [5.74, 6) is -1.53. The Labute approximate surface area is 228 Å². The molecule has 3 aromatic carbocycles. The first kappa shape index (κ1) is 29.1. The molecule has 2 amide bonds. The van der Waals surface area contributed by atoms with Crippen molar-refractivity contribution in [1.82, 2.24) is 10.2 Å². The highest BCUT2D eigenvalue weighted by Gasteiger charge is 2.32. The monoisotopic (exact) mass is 559 g/mol. The molecule has 10 heteroatoms. The molecule has 7 nitrogen and oxygen atoms in total. The van der Waals surface area contributed by atoms with Crippen molar-refractivity contribution in [2.75, 3.05) is 17.4 Å². The molecule has 0 aliphatic heterocycles. The lowest BCUT2D eigenvalue weighted by Crippen LogP contribution is -2.51. The summed E-state index contributed by atoms with van der Waals surface area (Å²) in [6, 6.07) is 18.5. The van der Waals surface area contributed by atoms with E-state index in [0.717, 1.165) is 29.3 Å². The van der Waals surface area contributed by atoms with Crippen molar-refractivity contribution in [3.8, 4) is 0 Å².